The van der Waals surface area contributed by atoms with Crippen molar-refractivity contribution in [1.29, 1.82) is 0 Å². The molecule has 0 aliphatic rings. The Hall–Kier alpha value is -5.11. The Morgan fingerprint density at radius 1 is 1.00 bits per heavy atom. The molecular formula is C30H25N3O5. The Kier molecular flexibility index (Phi) is 7.04. The first kappa shape index (κ1) is 24.6. The lowest BCUT2D eigenvalue weighted by Gasteiger charge is -2.14. The number of methoxy groups -OCH3 is 1. The van der Waals surface area contributed by atoms with Crippen molar-refractivity contribution in [2.45, 2.75) is 13.0 Å². The number of amides is 1. The van der Waals surface area contributed by atoms with Gasteiger partial charge in [0.1, 0.15) is 17.0 Å². The predicted molar refractivity (Wildman–Crippen MR) is 145 cm³/mol. The summed E-state index contributed by atoms with van der Waals surface area (Å²) in [6.07, 6.45) is 3.64. The van der Waals surface area contributed by atoms with Crippen LogP contribution in [0.5, 0.6) is 5.75 Å². The van der Waals surface area contributed by atoms with Gasteiger partial charge in [0, 0.05) is 23.2 Å². The van der Waals surface area contributed by atoms with Crippen molar-refractivity contribution in [2.24, 2.45) is 0 Å². The molecule has 3 aromatic carbocycles. The fourth-order valence-electron chi connectivity index (χ4n) is 3.92. The quantitative estimate of drug-likeness (QED) is 0.208. The van der Waals surface area contributed by atoms with E-state index in [1.807, 2.05) is 60.7 Å². The normalized spacial score (nSPS) is 11.9. The van der Waals surface area contributed by atoms with Crippen molar-refractivity contribution >= 4 is 34.6 Å². The van der Waals surface area contributed by atoms with Crippen LogP contribution in [0.1, 0.15) is 12.5 Å². The Bertz CT molecular complexity index is 1580. The summed E-state index contributed by atoms with van der Waals surface area (Å²) in [6.45, 7) is 1.50. The van der Waals surface area contributed by atoms with E-state index in [-0.39, 0.29) is 0 Å². The average Bonchev–Trinajstić information content (AvgIpc) is 3.57. The van der Waals surface area contributed by atoms with E-state index in [9.17, 15) is 9.59 Å². The number of benzene rings is 3. The molecule has 8 heteroatoms. The zero-order valence-corrected chi connectivity index (χ0v) is 20.8. The van der Waals surface area contributed by atoms with E-state index in [0.29, 0.717) is 28.5 Å². The number of hydrogen-bond donors (Lipinski definition) is 1. The number of fused-ring (bicyclic) bond motifs is 1. The smallest absolute Gasteiger partial charge is 0.331 e. The molecule has 1 atom stereocenters. The fraction of sp³-hybridized carbons (Fsp3) is 0.100. The molecule has 0 radical (unpaired) electrons. The van der Waals surface area contributed by atoms with Crippen LogP contribution in [0.3, 0.4) is 0 Å². The fourth-order valence-corrected chi connectivity index (χ4v) is 3.92. The van der Waals surface area contributed by atoms with E-state index < -0.39 is 18.0 Å². The van der Waals surface area contributed by atoms with E-state index in [2.05, 4.69) is 5.32 Å². The molecule has 0 bridgehead atoms. The van der Waals surface area contributed by atoms with Crippen LogP contribution >= 0.6 is 0 Å². The van der Waals surface area contributed by atoms with Gasteiger partial charge in [-0.2, -0.15) is 5.10 Å². The van der Waals surface area contributed by atoms with E-state index in [0.717, 1.165) is 16.7 Å². The summed E-state index contributed by atoms with van der Waals surface area (Å²) in [6, 6.07) is 26.2. The van der Waals surface area contributed by atoms with Gasteiger partial charge < -0.3 is 19.2 Å². The van der Waals surface area contributed by atoms with E-state index in [4.69, 9.17) is 19.0 Å². The highest BCUT2D eigenvalue weighted by atomic mass is 16.5. The van der Waals surface area contributed by atoms with Crippen LogP contribution in [0.2, 0.25) is 0 Å². The monoisotopic (exact) mass is 507 g/mol. The van der Waals surface area contributed by atoms with E-state index in [1.165, 1.54) is 20.1 Å². The number of para-hydroxylation sites is 4. The maximum absolute atomic E-state index is 12.6. The van der Waals surface area contributed by atoms with Crippen LogP contribution in [0, 0.1) is 0 Å². The first-order chi connectivity index (χ1) is 18.5. The molecule has 5 rings (SSSR count). The molecule has 190 valence electrons. The number of hydrogen-bond acceptors (Lipinski definition) is 6. The van der Waals surface area contributed by atoms with Gasteiger partial charge >= 0.3 is 5.97 Å². The van der Waals surface area contributed by atoms with Crippen LogP contribution < -0.4 is 10.1 Å². The van der Waals surface area contributed by atoms with Gasteiger partial charge in [-0.1, -0.05) is 48.5 Å². The van der Waals surface area contributed by atoms with Crippen molar-refractivity contribution in [3.05, 3.63) is 103 Å². The molecule has 2 heterocycles. The van der Waals surface area contributed by atoms with Gasteiger partial charge in [0.05, 0.1) is 18.5 Å². The molecule has 8 nitrogen and oxygen atoms in total. The number of nitrogens with one attached hydrogen (secondary N) is 1. The van der Waals surface area contributed by atoms with Crippen LogP contribution in [-0.4, -0.2) is 34.9 Å². The maximum Gasteiger partial charge on any atom is 0.331 e. The molecule has 38 heavy (non-hydrogen) atoms. The standard InChI is InChI=1S/C30H25N3O5/c1-20(30(35)31-24-13-7-9-15-26(24)36-2)37-28(34)17-16-22-19-33(23-11-4-3-5-12-23)32-29(22)27-18-21-10-6-8-14-25(21)38-27/h3-20H,1-2H3,(H,31,35)/b17-16+. The van der Waals surface area contributed by atoms with Crippen LogP contribution in [-0.2, 0) is 14.3 Å². The first-order valence-corrected chi connectivity index (χ1v) is 12.0. The summed E-state index contributed by atoms with van der Waals surface area (Å²) in [4.78, 5) is 25.2. The minimum absolute atomic E-state index is 0.476. The summed E-state index contributed by atoms with van der Waals surface area (Å²) in [5.41, 5.74) is 3.30. The minimum atomic E-state index is -1.03. The summed E-state index contributed by atoms with van der Waals surface area (Å²) in [5, 5.41) is 8.38. The Morgan fingerprint density at radius 3 is 2.53 bits per heavy atom. The van der Waals surface area contributed by atoms with Gasteiger partial charge in [0.15, 0.2) is 11.9 Å². The van der Waals surface area contributed by atoms with E-state index >= 15 is 0 Å². The first-order valence-electron chi connectivity index (χ1n) is 12.0. The van der Waals surface area contributed by atoms with Gasteiger partial charge in [-0.3, -0.25) is 4.79 Å². The number of carbonyl (C=O) groups is 2. The van der Waals surface area contributed by atoms with Crippen LogP contribution in [0.4, 0.5) is 5.69 Å². The largest absolute Gasteiger partial charge is 0.495 e. The maximum atomic E-state index is 12.6. The molecule has 0 saturated carbocycles. The highest BCUT2D eigenvalue weighted by Crippen LogP contribution is 2.30. The Balaban J connectivity index is 1.36. The number of ether oxygens (including phenoxy) is 2. The van der Waals surface area contributed by atoms with Crippen molar-refractivity contribution in [1.82, 2.24) is 9.78 Å². The molecule has 0 fully saturated rings. The third-order valence-corrected chi connectivity index (χ3v) is 5.85. The molecule has 2 aromatic heterocycles. The molecule has 0 aliphatic carbocycles. The molecule has 5 aromatic rings. The predicted octanol–water partition coefficient (Wildman–Crippen LogP) is 5.88. The second-order valence-corrected chi connectivity index (χ2v) is 8.46. The lowest BCUT2D eigenvalue weighted by atomic mass is 10.2. The lowest BCUT2D eigenvalue weighted by molar-refractivity contribution is -0.148. The topological polar surface area (TPSA) is 95.6 Å². The minimum Gasteiger partial charge on any atom is -0.495 e. The molecular weight excluding hydrogens is 482 g/mol. The number of anilines is 1. The summed E-state index contributed by atoms with van der Waals surface area (Å²) in [5.74, 6) is -0.0712. The van der Waals surface area contributed by atoms with Gasteiger partial charge in [-0.05, 0) is 49.4 Å². The molecule has 1 N–H and O–H groups in total. The van der Waals surface area contributed by atoms with Gasteiger partial charge in [0.2, 0.25) is 0 Å². The molecule has 1 amide bonds. The number of esters is 1. The molecule has 1 unspecified atom stereocenters. The summed E-state index contributed by atoms with van der Waals surface area (Å²) < 4.78 is 18.3. The number of aromatic nitrogens is 2. The van der Waals surface area contributed by atoms with Crippen molar-refractivity contribution in [2.75, 3.05) is 12.4 Å². The SMILES string of the molecule is COc1ccccc1NC(=O)C(C)OC(=O)/C=C/c1cn(-c2ccccc2)nc1-c1cc2ccccc2o1. The lowest BCUT2D eigenvalue weighted by Crippen LogP contribution is -2.29. The summed E-state index contributed by atoms with van der Waals surface area (Å²) in [7, 11) is 1.51. The van der Waals surface area contributed by atoms with Gasteiger partial charge in [0.25, 0.3) is 5.91 Å². The second-order valence-electron chi connectivity index (χ2n) is 8.46. The summed E-state index contributed by atoms with van der Waals surface area (Å²) >= 11 is 0. The zero-order valence-electron chi connectivity index (χ0n) is 20.8. The molecule has 0 saturated heterocycles. The number of nitrogens with zero attached hydrogens (tertiary/aromatic N) is 2. The highest BCUT2D eigenvalue weighted by Gasteiger charge is 2.19. The van der Waals surface area contributed by atoms with Gasteiger partial charge in [-0.25, -0.2) is 9.48 Å². The molecule has 0 aliphatic heterocycles. The zero-order chi connectivity index (χ0) is 26.5. The molecule has 0 spiro atoms. The van der Waals surface area contributed by atoms with Crippen LogP contribution in [0.15, 0.2) is 102 Å². The Morgan fingerprint density at radius 2 is 1.74 bits per heavy atom. The van der Waals surface area contributed by atoms with Gasteiger partial charge in [-0.15, -0.1) is 0 Å². The number of carbonyl (C=O) groups excluding carboxylic acids is 2. The number of rotatable bonds is 8. The second kappa shape index (κ2) is 10.9. The number of furan rings is 1. The third kappa shape index (κ3) is 5.34. The Labute approximate surface area is 219 Å². The average molecular weight is 508 g/mol. The van der Waals surface area contributed by atoms with Crippen molar-refractivity contribution in [3.8, 4) is 22.9 Å². The van der Waals surface area contributed by atoms with Crippen LogP contribution in [0.25, 0.3) is 34.2 Å². The van der Waals surface area contributed by atoms with E-state index in [1.54, 1.807) is 41.2 Å². The van der Waals surface area contributed by atoms with Crippen molar-refractivity contribution in [3.63, 3.8) is 0 Å². The van der Waals surface area contributed by atoms with Crippen molar-refractivity contribution < 1.29 is 23.5 Å². The highest BCUT2D eigenvalue weighted by molar-refractivity contribution is 5.97. The third-order valence-electron chi connectivity index (χ3n) is 5.85.